The smallest absolute Gasteiger partial charge is 0.277 e. The Morgan fingerprint density at radius 2 is 1.85 bits per heavy atom. The molecule has 0 fully saturated rings. The Morgan fingerprint density at radius 1 is 1.03 bits per heavy atom. The average Bonchev–Trinajstić information content (AvgIpc) is 3.22. The number of nitrogens with zero attached hydrogens (tertiary/aromatic N) is 4. The number of aromatic amines is 1. The monoisotopic (exact) mass is 442 g/mol. The zero-order valence-corrected chi connectivity index (χ0v) is 17.5. The molecule has 0 bridgehead atoms. The van der Waals surface area contributed by atoms with Gasteiger partial charge in [0.15, 0.2) is 0 Å². The van der Waals surface area contributed by atoms with Crippen molar-refractivity contribution in [2.45, 2.75) is 19.4 Å². The molecule has 5 aromatic rings. The Labute approximate surface area is 187 Å². The highest BCUT2D eigenvalue weighted by Crippen LogP contribution is 2.19. The number of carbonyl (C=O) groups is 1. The fourth-order valence-corrected chi connectivity index (χ4v) is 3.65. The highest BCUT2D eigenvalue weighted by molar-refractivity contribution is 5.93. The number of aryl methyl sites for hydroxylation is 1. The minimum atomic E-state index is -0.283. The summed E-state index contributed by atoms with van der Waals surface area (Å²) in [6.07, 6.45) is 0.400. The number of carbonyl (C=O) groups excluding carboxylic acids is 1. The maximum absolute atomic E-state index is 13.9. The Kier molecular flexibility index (Phi) is 5.35. The number of amides is 1. The number of aromatic nitrogens is 5. The van der Waals surface area contributed by atoms with E-state index >= 15 is 0 Å². The van der Waals surface area contributed by atoms with Crippen LogP contribution >= 0.6 is 0 Å². The van der Waals surface area contributed by atoms with E-state index < -0.39 is 0 Å². The third-order valence-corrected chi connectivity index (χ3v) is 5.31. The van der Waals surface area contributed by atoms with E-state index in [0.717, 1.165) is 11.0 Å². The summed E-state index contributed by atoms with van der Waals surface area (Å²) < 4.78 is 15.1. The quantitative estimate of drug-likeness (QED) is 0.419. The lowest BCUT2D eigenvalue weighted by molar-refractivity contribution is -0.116. The summed E-state index contributed by atoms with van der Waals surface area (Å²) in [4.78, 5) is 32.6. The van der Waals surface area contributed by atoms with E-state index in [-0.39, 0.29) is 30.2 Å². The van der Waals surface area contributed by atoms with Crippen molar-refractivity contribution in [3.8, 4) is 0 Å². The maximum Gasteiger partial charge on any atom is 0.277 e. The van der Waals surface area contributed by atoms with E-state index in [1.54, 1.807) is 60.7 Å². The molecule has 0 atom stereocenters. The number of hydrogen-bond acceptors (Lipinski definition) is 5. The number of fused-ring (bicyclic) bond motifs is 2. The van der Waals surface area contributed by atoms with E-state index in [2.05, 4.69) is 25.6 Å². The minimum absolute atomic E-state index is 0.0620. The molecule has 0 aliphatic rings. The maximum atomic E-state index is 13.9. The molecule has 0 saturated heterocycles. The first kappa shape index (κ1) is 20.5. The van der Waals surface area contributed by atoms with Crippen molar-refractivity contribution in [2.75, 3.05) is 5.32 Å². The van der Waals surface area contributed by atoms with Gasteiger partial charge in [0.2, 0.25) is 5.91 Å². The number of halogens is 1. The molecule has 1 amide bonds. The molecule has 2 N–H and O–H groups in total. The molecule has 164 valence electrons. The van der Waals surface area contributed by atoms with Crippen LogP contribution in [0.2, 0.25) is 0 Å². The molecule has 33 heavy (non-hydrogen) atoms. The van der Waals surface area contributed by atoms with Gasteiger partial charge in [-0.3, -0.25) is 9.59 Å². The van der Waals surface area contributed by atoms with Crippen LogP contribution in [-0.4, -0.2) is 30.9 Å². The van der Waals surface area contributed by atoms with E-state index in [4.69, 9.17) is 0 Å². The largest absolute Gasteiger partial charge is 0.342 e. The van der Waals surface area contributed by atoms with E-state index in [9.17, 15) is 14.0 Å². The Bertz CT molecular complexity index is 1540. The van der Waals surface area contributed by atoms with Gasteiger partial charge in [0.05, 0.1) is 23.0 Å². The van der Waals surface area contributed by atoms with Crippen LogP contribution in [0.25, 0.3) is 21.9 Å². The first-order valence-electron chi connectivity index (χ1n) is 10.4. The molecule has 2 aromatic heterocycles. The summed E-state index contributed by atoms with van der Waals surface area (Å²) in [6.45, 7) is 0.113. The summed E-state index contributed by atoms with van der Waals surface area (Å²) in [6, 6.07) is 18.8. The molecule has 2 heterocycles. The number of anilines is 1. The zero-order chi connectivity index (χ0) is 22.8. The van der Waals surface area contributed by atoms with Crippen LogP contribution in [0.3, 0.4) is 0 Å². The molecule has 0 radical (unpaired) electrons. The van der Waals surface area contributed by atoms with E-state index in [1.165, 1.54) is 10.7 Å². The van der Waals surface area contributed by atoms with Crippen LogP contribution in [0.5, 0.6) is 0 Å². The first-order chi connectivity index (χ1) is 16.1. The topological polar surface area (TPSA) is 106 Å². The molecule has 3 aromatic carbocycles. The van der Waals surface area contributed by atoms with Crippen LogP contribution in [0.1, 0.15) is 17.8 Å². The molecule has 0 spiro atoms. The number of rotatable bonds is 6. The van der Waals surface area contributed by atoms with Crippen LogP contribution < -0.4 is 10.9 Å². The van der Waals surface area contributed by atoms with Gasteiger partial charge in [-0.05, 0) is 42.0 Å². The molecule has 0 aliphatic carbocycles. The Balaban J connectivity index is 1.26. The lowest BCUT2D eigenvalue weighted by Gasteiger charge is -2.06. The van der Waals surface area contributed by atoms with Crippen molar-refractivity contribution in [3.63, 3.8) is 0 Å². The number of imidazole rings is 1. The normalized spacial score (nSPS) is 11.2. The number of benzene rings is 3. The summed E-state index contributed by atoms with van der Waals surface area (Å²) in [5, 5.41) is 11.2. The van der Waals surface area contributed by atoms with Crippen molar-refractivity contribution >= 4 is 33.5 Å². The summed E-state index contributed by atoms with van der Waals surface area (Å²) in [5.41, 5.74) is 2.83. The number of H-pyrrole nitrogens is 1. The Morgan fingerprint density at radius 3 is 2.73 bits per heavy atom. The fourth-order valence-electron chi connectivity index (χ4n) is 3.65. The van der Waals surface area contributed by atoms with Gasteiger partial charge in [-0.1, -0.05) is 35.5 Å². The third kappa shape index (κ3) is 4.33. The second-order valence-corrected chi connectivity index (χ2v) is 7.62. The highest BCUT2D eigenvalue weighted by Gasteiger charge is 2.10. The van der Waals surface area contributed by atoms with Gasteiger partial charge < -0.3 is 10.3 Å². The molecule has 0 unspecified atom stereocenters. The van der Waals surface area contributed by atoms with Gasteiger partial charge in [0.1, 0.15) is 17.2 Å². The molecular formula is C24H19FN6O2. The van der Waals surface area contributed by atoms with Crippen molar-refractivity contribution in [2.24, 2.45) is 0 Å². The minimum Gasteiger partial charge on any atom is -0.342 e. The molecule has 8 nitrogen and oxygen atoms in total. The third-order valence-electron chi connectivity index (χ3n) is 5.31. The zero-order valence-electron chi connectivity index (χ0n) is 17.5. The van der Waals surface area contributed by atoms with Crippen molar-refractivity contribution in [3.05, 3.63) is 94.3 Å². The molecule has 5 rings (SSSR count). The second-order valence-electron chi connectivity index (χ2n) is 7.62. The molecular weight excluding hydrogens is 423 g/mol. The predicted octanol–water partition coefficient (Wildman–Crippen LogP) is 3.43. The van der Waals surface area contributed by atoms with Crippen molar-refractivity contribution in [1.82, 2.24) is 25.0 Å². The predicted molar refractivity (Wildman–Crippen MR) is 122 cm³/mol. The van der Waals surface area contributed by atoms with Crippen molar-refractivity contribution in [1.29, 1.82) is 0 Å². The summed E-state index contributed by atoms with van der Waals surface area (Å²) >= 11 is 0. The van der Waals surface area contributed by atoms with Gasteiger partial charge in [-0.25, -0.2) is 14.1 Å². The van der Waals surface area contributed by atoms with Crippen LogP contribution in [0, 0.1) is 5.82 Å². The van der Waals surface area contributed by atoms with Crippen LogP contribution in [-0.2, 0) is 17.8 Å². The van der Waals surface area contributed by atoms with Gasteiger partial charge in [-0.15, -0.1) is 5.10 Å². The lowest BCUT2D eigenvalue weighted by Crippen LogP contribution is -2.26. The summed E-state index contributed by atoms with van der Waals surface area (Å²) in [5.74, 6) is 0.0938. The van der Waals surface area contributed by atoms with Gasteiger partial charge >= 0.3 is 0 Å². The SMILES string of the molecule is O=C(CCn1nnc2ccccc2c1=O)Nc1ccc2nc(Cc3ccccc3F)[nH]c2c1. The number of nitrogens with one attached hydrogen (secondary N) is 2. The Hall–Kier alpha value is -4.40. The van der Waals surface area contributed by atoms with E-state index in [0.29, 0.717) is 34.4 Å². The number of hydrogen-bond donors (Lipinski definition) is 2. The lowest BCUT2D eigenvalue weighted by atomic mass is 10.1. The van der Waals surface area contributed by atoms with Crippen LogP contribution in [0.15, 0.2) is 71.5 Å². The average molecular weight is 442 g/mol. The molecule has 9 heteroatoms. The van der Waals surface area contributed by atoms with Gasteiger partial charge in [0.25, 0.3) is 5.56 Å². The fraction of sp³-hybridized carbons (Fsp3) is 0.125. The second kappa shape index (κ2) is 8.62. The standard InChI is InChI=1S/C24H19FN6O2/c25-18-7-3-1-5-15(18)13-22-27-20-10-9-16(14-21(20)28-22)26-23(32)11-12-31-24(33)17-6-2-4-8-19(17)29-30-31/h1-10,14H,11-13H2,(H,26,32)(H,27,28). The molecule has 0 aliphatic heterocycles. The van der Waals surface area contributed by atoms with Crippen LogP contribution in [0.4, 0.5) is 10.1 Å². The first-order valence-corrected chi connectivity index (χ1v) is 10.4. The van der Waals surface area contributed by atoms with E-state index in [1.807, 2.05) is 0 Å². The summed E-state index contributed by atoms with van der Waals surface area (Å²) in [7, 11) is 0. The van der Waals surface area contributed by atoms with Gasteiger partial charge in [-0.2, -0.15) is 0 Å². The van der Waals surface area contributed by atoms with Gasteiger partial charge in [0, 0.05) is 18.5 Å². The molecule has 0 saturated carbocycles. The van der Waals surface area contributed by atoms with Crippen molar-refractivity contribution < 1.29 is 9.18 Å². The highest BCUT2D eigenvalue weighted by atomic mass is 19.1.